The van der Waals surface area contributed by atoms with Crippen LogP contribution in [-0.2, 0) is 11.2 Å². The highest BCUT2D eigenvalue weighted by molar-refractivity contribution is 5.99. The minimum Gasteiger partial charge on any atom is -0.493 e. The van der Waals surface area contributed by atoms with E-state index >= 15 is 0 Å². The molecular weight excluding hydrogens is 492 g/mol. The average molecular weight is 531 g/mol. The summed E-state index contributed by atoms with van der Waals surface area (Å²) in [6, 6.07) is 11.4. The standard InChI is InChI=1S/C29H32N4O4.C2H6/c30-28-31-19-4-2-1-3-17-5-7-25-20(13-17)22(16-29(37-25)10-11-29)32-27(35)18-6-8-24-21(14-18)23(9-12-36-24)33(28)26(34)15-19;1-2/h5-8,13-14,19,22-23H,1-4,9-12,15-16H2,(H2,30,31)(H,32,35);1-2H3/t19?,22?,23-;/m1./s1. The maximum Gasteiger partial charge on any atom is 0.251 e. The van der Waals surface area contributed by atoms with Gasteiger partial charge in [-0.2, -0.15) is 0 Å². The van der Waals surface area contributed by atoms with Crippen molar-refractivity contribution in [1.82, 2.24) is 10.2 Å². The number of amides is 2. The summed E-state index contributed by atoms with van der Waals surface area (Å²) in [5, 5.41) is 3.31. The van der Waals surface area contributed by atoms with E-state index in [4.69, 9.17) is 20.2 Å². The van der Waals surface area contributed by atoms with Crippen LogP contribution in [-0.4, -0.2) is 40.9 Å². The van der Waals surface area contributed by atoms with Crippen LogP contribution in [0.2, 0.25) is 0 Å². The molecule has 1 spiro atoms. The second-order valence-corrected chi connectivity index (χ2v) is 11.1. The van der Waals surface area contributed by atoms with Gasteiger partial charge in [0.05, 0.1) is 24.7 Å². The highest BCUT2D eigenvalue weighted by atomic mass is 16.5. The highest BCUT2D eigenvalue weighted by Gasteiger charge is 2.51. The summed E-state index contributed by atoms with van der Waals surface area (Å²) in [5.74, 6) is 1.69. The van der Waals surface area contributed by atoms with Crippen molar-refractivity contribution in [2.24, 2.45) is 10.7 Å². The van der Waals surface area contributed by atoms with Gasteiger partial charge in [0, 0.05) is 36.0 Å². The zero-order valence-corrected chi connectivity index (χ0v) is 22.9. The molecule has 0 radical (unpaired) electrons. The van der Waals surface area contributed by atoms with Gasteiger partial charge in [-0.3, -0.25) is 14.5 Å². The third kappa shape index (κ3) is 4.85. The van der Waals surface area contributed by atoms with Crippen molar-refractivity contribution in [3.63, 3.8) is 0 Å². The number of guanidine groups is 1. The molecule has 8 rings (SSSR count). The molecule has 3 atom stereocenters. The van der Waals surface area contributed by atoms with E-state index < -0.39 is 0 Å². The van der Waals surface area contributed by atoms with Gasteiger partial charge < -0.3 is 20.5 Å². The molecule has 2 aromatic carbocycles. The summed E-state index contributed by atoms with van der Waals surface area (Å²) >= 11 is 0. The van der Waals surface area contributed by atoms with Crippen molar-refractivity contribution in [3.8, 4) is 11.5 Å². The number of ether oxygens (including phenoxy) is 2. The molecule has 6 aliphatic rings. The number of fused-ring (bicyclic) bond motifs is 5. The van der Waals surface area contributed by atoms with Crippen LogP contribution in [0.5, 0.6) is 11.5 Å². The van der Waals surface area contributed by atoms with Crippen molar-refractivity contribution < 1.29 is 19.1 Å². The lowest BCUT2D eigenvalue weighted by molar-refractivity contribution is -0.130. The molecule has 2 unspecified atom stereocenters. The zero-order valence-electron chi connectivity index (χ0n) is 22.9. The van der Waals surface area contributed by atoms with Crippen molar-refractivity contribution in [2.45, 2.75) is 95.4 Å². The van der Waals surface area contributed by atoms with E-state index in [0.717, 1.165) is 61.8 Å². The van der Waals surface area contributed by atoms with Crippen molar-refractivity contribution >= 4 is 17.8 Å². The van der Waals surface area contributed by atoms with E-state index in [2.05, 4.69) is 23.5 Å². The first-order valence-electron chi connectivity index (χ1n) is 14.5. The molecule has 8 nitrogen and oxygen atoms in total. The summed E-state index contributed by atoms with van der Waals surface area (Å²) in [6.45, 7) is 4.48. The van der Waals surface area contributed by atoms with Gasteiger partial charge in [0.1, 0.15) is 17.1 Å². The molecular formula is C31H38N4O4. The number of aliphatic imine (C=N–C) groups is 1. The second-order valence-electron chi connectivity index (χ2n) is 11.1. The SMILES string of the molecule is CC.NC1=NC2CCCCc3ccc4c(c3)C(CC3(CC3)O4)NC(=O)c3ccc4c(c3)[C@@H](CCO4)N1C(=O)C2. The molecule has 1 aliphatic carbocycles. The third-order valence-electron chi connectivity index (χ3n) is 8.55. The molecule has 206 valence electrons. The Morgan fingerprint density at radius 2 is 1.85 bits per heavy atom. The summed E-state index contributed by atoms with van der Waals surface area (Å²) in [4.78, 5) is 33.2. The van der Waals surface area contributed by atoms with Crippen LogP contribution in [0.1, 0.15) is 104 Å². The first kappa shape index (κ1) is 25.7. The first-order chi connectivity index (χ1) is 19.0. The maximum absolute atomic E-state index is 13.6. The maximum atomic E-state index is 13.6. The Hall–Kier alpha value is -3.55. The first-order valence-corrected chi connectivity index (χ1v) is 14.5. The smallest absolute Gasteiger partial charge is 0.251 e. The van der Waals surface area contributed by atoms with Crippen LogP contribution < -0.4 is 20.5 Å². The lowest BCUT2D eigenvalue weighted by Crippen LogP contribution is -2.50. The predicted octanol–water partition coefficient (Wildman–Crippen LogP) is 4.96. The second kappa shape index (κ2) is 10.2. The number of carbonyl (C=O) groups is 2. The van der Waals surface area contributed by atoms with E-state index in [0.29, 0.717) is 30.8 Å². The molecule has 6 bridgehead atoms. The molecule has 2 amide bonds. The lowest BCUT2D eigenvalue weighted by atomic mass is 9.91. The van der Waals surface area contributed by atoms with Gasteiger partial charge in [-0.1, -0.05) is 32.4 Å². The van der Waals surface area contributed by atoms with Crippen molar-refractivity contribution in [3.05, 3.63) is 58.7 Å². The Kier molecular flexibility index (Phi) is 6.73. The van der Waals surface area contributed by atoms with E-state index in [1.54, 1.807) is 11.0 Å². The summed E-state index contributed by atoms with van der Waals surface area (Å²) in [7, 11) is 0. The quantitative estimate of drug-likeness (QED) is 0.501. The fraction of sp³-hybridized carbons (Fsp3) is 0.516. The Bertz CT molecular complexity index is 1320. The number of nitrogens with zero attached hydrogens (tertiary/aromatic N) is 2. The number of benzene rings is 2. The van der Waals surface area contributed by atoms with Crippen LogP contribution in [0, 0.1) is 0 Å². The third-order valence-corrected chi connectivity index (χ3v) is 8.55. The lowest BCUT2D eigenvalue weighted by Gasteiger charge is -2.38. The zero-order chi connectivity index (χ0) is 27.1. The Balaban J connectivity index is 0.00000135. The largest absolute Gasteiger partial charge is 0.493 e. The normalized spacial score (nSPS) is 26.6. The van der Waals surface area contributed by atoms with Gasteiger partial charge in [0.25, 0.3) is 5.91 Å². The minimum absolute atomic E-state index is 0.0107. The fourth-order valence-corrected chi connectivity index (χ4v) is 6.41. The number of hydrogen-bond donors (Lipinski definition) is 2. The molecule has 1 fully saturated rings. The molecule has 1 saturated carbocycles. The molecule has 0 saturated heterocycles. The number of nitrogens with one attached hydrogen (secondary N) is 1. The number of nitrogens with two attached hydrogens (primary N) is 1. The summed E-state index contributed by atoms with van der Waals surface area (Å²) < 4.78 is 12.3. The van der Waals surface area contributed by atoms with Crippen LogP contribution in [0.15, 0.2) is 41.4 Å². The predicted molar refractivity (Wildman–Crippen MR) is 149 cm³/mol. The van der Waals surface area contributed by atoms with Crippen molar-refractivity contribution in [1.29, 1.82) is 0 Å². The van der Waals surface area contributed by atoms with Gasteiger partial charge in [-0.05, 0) is 61.9 Å². The van der Waals surface area contributed by atoms with Gasteiger partial charge in [0.2, 0.25) is 5.91 Å². The monoisotopic (exact) mass is 530 g/mol. The number of aryl methyl sites for hydroxylation is 1. The van der Waals surface area contributed by atoms with Gasteiger partial charge in [-0.25, -0.2) is 4.99 Å². The van der Waals surface area contributed by atoms with Gasteiger partial charge in [-0.15, -0.1) is 0 Å². The number of rotatable bonds is 0. The Morgan fingerprint density at radius 1 is 1.03 bits per heavy atom. The van der Waals surface area contributed by atoms with Crippen LogP contribution in [0.3, 0.4) is 0 Å². The van der Waals surface area contributed by atoms with Gasteiger partial charge in [0.15, 0.2) is 5.96 Å². The van der Waals surface area contributed by atoms with E-state index in [-0.39, 0.29) is 41.5 Å². The van der Waals surface area contributed by atoms with Crippen molar-refractivity contribution in [2.75, 3.05) is 6.61 Å². The van der Waals surface area contributed by atoms with E-state index in [1.807, 2.05) is 26.0 Å². The van der Waals surface area contributed by atoms with Crippen LogP contribution in [0.25, 0.3) is 0 Å². The van der Waals surface area contributed by atoms with Crippen LogP contribution >= 0.6 is 0 Å². The molecule has 2 aromatic rings. The molecule has 5 aliphatic heterocycles. The Labute approximate surface area is 229 Å². The number of carbonyl (C=O) groups excluding carboxylic acids is 2. The molecule has 39 heavy (non-hydrogen) atoms. The molecule has 0 aromatic heterocycles. The Morgan fingerprint density at radius 3 is 2.64 bits per heavy atom. The molecule has 8 heteroatoms. The molecule has 5 heterocycles. The number of hydrogen-bond acceptors (Lipinski definition) is 6. The topological polar surface area (TPSA) is 106 Å². The molecule has 3 N–H and O–H groups in total. The fourth-order valence-electron chi connectivity index (χ4n) is 6.41. The summed E-state index contributed by atoms with van der Waals surface area (Å²) in [6.07, 6.45) is 7.51. The van der Waals surface area contributed by atoms with Crippen LogP contribution in [0.4, 0.5) is 0 Å². The van der Waals surface area contributed by atoms with Gasteiger partial charge >= 0.3 is 0 Å². The van der Waals surface area contributed by atoms with E-state index in [1.165, 1.54) is 5.56 Å². The van der Waals surface area contributed by atoms with E-state index in [9.17, 15) is 9.59 Å². The average Bonchev–Trinajstić information content (AvgIpc) is 3.69. The minimum atomic E-state index is -0.298. The summed E-state index contributed by atoms with van der Waals surface area (Å²) in [5.41, 5.74) is 9.88. The highest BCUT2D eigenvalue weighted by Crippen LogP contribution is 2.52.